The van der Waals surface area contributed by atoms with Crippen LogP contribution in [-0.2, 0) is 42.8 Å². The van der Waals surface area contributed by atoms with Gasteiger partial charge in [-0.05, 0) is 52.4 Å². The molecular formula is C31H28O13S. The molecule has 0 radical (unpaired) electrons. The normalized spacial score (nSPS) is 36.8. The Balaban J connectivity index is 1.15. The van der Waals surface area contributed by atoms with Gasteiger partial charge in [-0.25, -0.2) is 0 Å². The van der Waals surface area contributed by atoms with Crippen LogP contribution in [0, 0.1) is 11.8 Å². The van der Waals surface area contributed by atoms with Crippen LogP contribution in [0.1, 0.15) is 34.3 Å². The first kappa shape index (κ1) is 28.8. The highest BCUT2D eigenvalue weighted by atomic mass is 32.1. The van der Waals surface area contributed by atoms with Gasteiger partial charge in [0.1, 0.15) is 24.4 Å². The van der Waals surface area contributed by atoms with Crippen molar-refractivity contribution >= 4 is 28.9 Å². The first-order valence-electron chi connectivity index (χ1n) is 14.5. The van der Waals surface area contributed by atoms with Crippen molar-refractivity contribution in [3.05, 3.63) is 69.1 Å². The summed E-state index contributed by atoms with van der Waals surface area (Å²) in [6.45, 7) is 0.0478. The third-order valence-corrected chi connectivity index (χ3v) is 10.0. The molecule has 3 saturated heterocycles. The molecule has 0 bridgehead atoms. The predicted molar refractivity (Wildman–Crippen MR) is 149 cm³/mol. The lowest BCUT2D eigenvalue weighted by molar-refractivity contribution is -0.368. The highest BCUT2D eigenvalue weighted by molar-refractivity contribution is 7.10. The molecule has 2 aromatic rings. The third kappa shape index (κ3) is 4.62. The zero-order chi connectivity index (χ0) is 31.0. The third-order valence-electron chi connectivity index (χ3n) is 9.13. The fraction of sp³-hybridized carbons (Fsp3) is 0.452. The molecule has 14 heteroatoms. The Morgan fingerprint density at radius 3 is 2.51 bits per heavy atom. The number of cyclic esters (lactones) is 1. The number of methoxy groups -OCH3 is 1. The minimum absolute atomic E-state index is 0.0150. The molecule has 4 aliphatic heterocycles. The summed E-state index contributed by atoms with van der Waals surface area (Å²) in [5.41, 5.74) is 1.56. The fourth-order valence-corrected chi connectivity index (χ4v) is 7.72. The van der Waals surface area contributed by atoms with Crippen molar-refractivity contribution in [2.24, 2.45) is 11.8 Å². The van der Waals surface area contributed by atoms with E-state index in [0.29, 0.717) is 28.2 Å². The molecule has 1 unspecified atom stereocenters. The van der Waals surface area contributed by atoms with Crippen LogP contribution in [0.5, 0.6) is 11.5 Å². The van der Waals surface area contributed by atoms with E-state index in [-0.39, 0.29) is 25.8 Å². The summed E-state index contributed by atoms with van der Waals surface area (Å²) in [4.78, 5) is 39.2. The highest BCUT2D eigenvalue weighted by Gasteiger charge is 2.56. The number of hydrogen-bond acceptors (Lipinski definition) is 14. The van der Waals surface area contributed by atoms with Gasteiger partial charge in [0, 0.05) is 11.8 Å². The van der Waals surface area contributed by atoms with Crippen LogP contribution in [0.2, 0.25) is 0 Å². The Kier molecular flexibility index (Phi) is 7.05. The van der Waals surface area contributed by atoms with E-state index in [4.69, 9.17) is 37.9 Å². The summed E-state index contributed by atoms with van der Waals surface area (Å²) < 4.78 is 46.5. The predicted octanol–water partition coefficient (Wildman–Crippen LogP) is 1.59. The fourth-order valence-electron chi connectivity index (χ4n) is 7.02. The van der Waals surface area contributed by atoms with Gasteiger partial charge in [-0.1, -0.05) is 6.07 Å². The van der Waals surface area contributed by atoms with Gasteiger partial charge in [0.2, 0.25) is 12.6 Å². The molecule has 0 saturated carbocycles. The van der Waals surface area contributed by atoms with Gasteiger partial charge >= 0.3 is 5.97 Å². The maximum atomic E-state index is 13.4. The summed E-state index contributed by atoms with van der Waals surface area (Å²) in [7, 11) is 1.29. The molecule has 3 fully saturated rings. The maximum absolute atomic E-state index is 13.4. The van der Waals surface area contributed by atoms with E-state index in [0.717, 1.165) is 4.88 Å². The number of rotatable bonds is 5. The standard InChI is InChI=1S/C31H28O13S/c1-37-19-6-12(5-16(32)24(19)33)22-13-7-17-18(41-11-40-17)8-14(13)27(15-9-38-29(36)23(15)22)43-31-26(35)25(34)28-20(42-31)10-39-30(44-28)21-3-2-4-45-21/h2-8,15,20,22-23,25-28,30-31,34-35H,9-11H2,1H3/t15-,20+,22+,23-,25+,26+,27+,28+,30?,31-/m0/s1. The van der Waals surface area contributed by atoms with Gasteiger partial charge < -0.3 is 48.1 Å². The SMILES string of the molecule is COC1=CC([C@@H]2c3cc4c(cc3[C@@H](O[C@@H]3O[C@@H]5COC(c6cccs6)O[C@H]5[C@H](O)[C@H]3O)[C@H]3COC(=O)[C@@H]32)OCO4)=CC(=O)C1=O. The number of carbonyl (C=O) groups is 3. The smallest absolute Gasteiger partial charge is 0.310 e. The molecule has 5 heterocycles. The van der Waals surface area contributed by atoms with Crippen LogP contribution in [0.4, 0.5) is 0 Å². The molecule has 10 atom stereocenters. The van der Waals surface area contributed by atoms with Gasteiger partial charge in [-0.3, -0.25) is 14.4 Å². The molecule has 0 amide bonds. The number of esters is 1. The second-order valence-electron chi connectivity index (χ2n) is 11.5. The van der Waals surface area contributed by atoms with E-state index in [1.54, 1.807) is 12.1 Å². The van der Waals surface area contributed by atoms with Gasteiger partial charge in [0.15, 0.2) is 29.8 Å². The zero-order valence-electron chi connectivity index (χ0n) is 23.7. The zero-order valence-corrected chi connectivity index (χ0v) is 24.5. The van der Waals surface area contributed by atoms with E-state index in [2.05, 4.69) is 0 Å². The Hall–Kier alpha value is -3.63. The van der Waals surface area contributed by atoms with Gasteiger partial charge in [-0.15, -0.1) is 11.3 Å². The van der Waals surface area contributed by atoms with Crippen molar-refractivity contribution in [1.29, 1.82) is 0 Å². The van der Waals surface area contributed by atoms with E-state index in [9.17, 15) is 24.6 Å². The van der Waals surface area contributed by atoms with Crippen LogP contribution in [0.25, 0.3) is 0 Å². The molecule has 0 spiro atoms. The van der Waals surface area contributed by atoms with E-state index in [1.807, 2.05) is 17.5 Å². The van der Waals surface area contributed by atoms with Crippen LogP contribution in [0.3, 0.4) is 0 Å². The monoisotopic (exact) mass is 640 g/mol. The van der Waals surface area contributed by atoms with Crippen molar-refractivity contribution in [3.8, 4) is 11.5 Å². The first-order valence-corrected chi connectivity index (χ1v) is 15.3. The largest absolute Gasteiger partial charge is 0.492 e. The molecule has 13 nitrogen and oxygen atoms in total. The number of aliphatic hydroxyl groups excluding tert-OH is 2. The molecule has 45 heavy (non-hydrogen) atoms. The van der Waals surface area contributed by atoms with Gasteiger partial charge in [0.05, 0.1) is 37.2 Å². The minimum Gasteiger partial charge on any atom is -0.492 e. The summed E-state index contributed by atoms with van der Waals surface area (Å²) in [5, 5.41) is 24.3. The summed E-state index contributed by atoms with van der Waals surface area (Å²) in [6, 6.07) is 7.18. The first-order chi connectivity index (χ1) is 21.8. The van der Waals surface area contributed by atoms with Crippen LogP contribution >= 0.6 is 11.3 Å². The average molecular weight is 641 g/mol. The number of ether oxygens (including phenoxy) is 8. The van der Waals surface area contributed by atoms with Crippen molar-refractivity contribution in [3.63, 3.8) is 0 Å². The maximum Gasteiger partial charge on any atom is 0.310 e. The number of Topliss-reactive ketones (excluding diaryl/α,β-unsaturated/α-hetero) is 1. The van der Waals surface area contributed by atoms with E-state index >= 15 is 0 Å². The Morgan fingerprint density at radius 1 is 0.956 bits per heavy atom. The lowest BCUT2D eigenvalue weighted by atomic mass is 9.65. The summed E-state index contributed by atoms with van der Waals surface area (Å²) in [6.07, 6.45) is -4.71. The van der Waals surface area contributed by atoms with Crippen molar-refractivity contribution in [2.45, 2.75) is 49.0 Å². The Bertz CT molecular complexity index is 1610. The lowest BCUT2D eigenvalue weighted by Gasteiger charge is -2.48. The molecular weight excluding hydrogens is 612 g/mol. The highest BCUT2D eigenvalue weighted by Crippen LogP contribution is 2.56. The molecule has 1 aromatic heterocycles. The second kappa shape index (κ2) is 11.0. The molecule has 2 aliphatic carbocycles. The van der Waals surface area contributed by atoms with Crippen LogP contribution in [0.15, 0.2) is 53.1 Å². The van der Waals surface area contributed by atoms with Crippen LogP contribution in [-0.4, -0.2) is 85.6 Å². The Morgan fingerprint density at radius 2 is 1.76 bits per heavy atom. The molecule has 8 rings (SSSR count). The van der Waals surface area contributed by atoms with Crippen LogP contribution < -0.4 is 9.47 Å². The summed E-state index contributed by atoms with van der Waals surface area (Å²) >= 11 is 1.45. The molecule has 2 N–H and O–H groups in total. The Labute approximate surface area is 259 Å². The van der Waals surface area contributed by atoms with Crippen molar-refractivity contribution in [2.75, 3.05) is 27.1 Å². The number of thiophene rings is 1. The van der Waals surface area contributed by atoms with Crippen molar-refractivity contribution < 1.29 is 62.5 Å². The number of fused-ring (bicyclic) bond motifs is 4. The number of ketones is 2. The molecule has 236 valence electrons. The van der Waals surface area contributed by atoms with Gasteiger partial charge in [0.25, 0.3) is 5.78 Å². The number of hydrogen-bond donors (Lipinski definition) is 2. The van der Waals surface area contributed by atoms with Gasteiger partial charge in [-0.2, -0.15) is 0 Å². The van der Waals surface area contributed by atoms with E-state index in [1.165, 1.54) is 30.6 Å². The molecule has 6 aliphatic rings. The average Bonchev–Trinajstić information content (AvgIpc) is 3.82. The van der Waals surface area contributed by atoms with E-state index < -0.39 is 78.4 Å². The second-order valence-corrected chi connectivity index (χ2v) is 12.5. The number of benzene rings is 1. The minimum atomic E-state index is -1.50. The lowest BCUT2D eigenvalue weighted by Crippen LogP contribution is -2.62. The molecule has 1 aromatic carbocycles. The topological polar surface area (TPSA) is 166 Å². The quantitative estimate of drug-likeness (QED) is 0.275. The summed E-state index contributed by atoms with van der Waals surface area (Å²) in [5.74, 6) is -3.49. The number of aliphatic hydroxyl groups is 2. The van der Waals surface area contributed by atoms with Crippen molar-refractivity contribution in [1.82, 2.24) is 0 Å². The number of allylic oxidation sites excluding steroid dienone is 4. The number of carbonyl (C=O) groups excluding carboxylic acids is 3.